The smallest absolute Gasteiger partial charge is 0.348 e. The molecule has 2 aromatic heterocycles. The molecule has 2 heterocycles. The number of anilines is 1. The van der Waals surface area contributed by atoms with E-state index in [0.29, 0.717) is 11.5 Å². The monoisotopic (exact) mass is 440 g/mol. The number of aromatic nitrogens is 4. The van der Waals surface area contributed by atoms with Gasteiger partial charge in [-0.2, -0.15) is 24.9 Å². The molecule has 12 heteroatoms. The minimum Gasteiger partial charge on any atom is -0.348 e. The van der Waals surface area contributed by atoms with E-state index in [0.717, 1.165) is 16.0 Å². The number of aryl methyl sites for hydroxylation is 2. The number of carbonyl (C=O) groups excluding carboxylic acids is 2. The van der Waals surface area contributed by atoms with E-state index in [1.54, 1.807) is 18.1 Å². The van der Waals surface area contributed by atoms with Gasteiger partial charge in [-0.05, 0) is 25.1 Å². The second-order valence-corrected chi connectivity index (χ2v) is 7.54. The van der Waals surface area contributed by atoms with Crippen LogP contribution < -0.4 is 10.6 Å². The molecular formula is C18H19F3N6O2S. The Hall–Kier alpha value is -3.02. The number of rotatable bonds is 6. The average molecular weight is 440 g/mol. The lowest BCUT2D eigenvalue weighted by Crippen LogP contribution is -2.36. The second-order valence-electron chi connectivity index (χ2n) is 6.43. The number of nitrogens with one attached hydrogen (secondary N) is 3. The fraction of sp³-hybridized carbons (Fsp3) is 0.333. The van der Waals surface area contributed by atoms with Crippen LogP contribution in [-0.4, -0.2) is 43.6 Å². The van der Waals surface area contributed by atoms with E-state index in [2.05, 4.69) is 25.6 Å². The number of nitrogens with zero attached hydrogens (tertiary/aromatic N) is 3. The molecule has 0 saturated carbocycles. The zero-order chi connectivity index (χ0) is 21.9. The topological polar surface area (TPSA) is 105 Å². The van der Waals surface area contributed by atoms with Crippen molar-refractivity contribution in [2.45, 2.75) is 18.9 Å². The first kappa shape index (κ1) is 21.7. The van der Waals surface area contributed by atoms with Crippen LogP contribution in [0, 0.1) is 6.92 Å². The minimum absolute atomic E-state index is 0.0630. The molecule has 8 nitrogen and oxygen atoms in total. The van der Waals surface area contributed by atoms with Gasteiger partial charge in [0.2, 0.25) is 5.82 Å². The summed E-state index contributed by atoms with van der Waals surface area (Å²) in [7, 11) is 1.26. The van der Waals surface area contributed by atoms with Crippen molar-refractivity contribution in [2.24, 2.45) is 7.05 Å². The standard InChI is InChI=1S/C18H19F3N6O2S/c1-10-13(24-9-23-10)8-30-6-5-22-15(28)16(29)25-11-3-4-14-12(7-11)26-17(27(14)2)18(19,20)21/h3-4,7,9H,5-6,8H2,1-2H3,(H,22,28)(H,23,24)(H,25,29). The van der Waals surface area contributed by atoms with Crippen molar-refractivity contribution in [3.63, 3.8) is 0 Å². The van der Waals surface area contributed by atoms with Crippen LogP contribution in [0.2, 0.25) is 0 Å². The van der Waals surface area contributed by atoms with Gasteiger partial charge in [-0.25, -0.2) is 9.97 Å². The number of aromatic amines is 1. The summed E-state index contributed by atoms with van der Waals surface area (Å²) in [6.45, 7) is 2.20. The number of imidazole rings is 2. The fourth-order valence-electron chi connectivity index (χ4n) is 2.74. The second kappa shape index (κ2) is 8.78. The molecule has 0 aliphatic carbocycles. The fourth-order valence-corrected chi connectivity index (χ4v) is 3.61. The molecule has 0 fully saturated rings. The van der Waals surface area contributed by atoms with Gasteiger partial charge in [-0.15, -0.1) is 0 Å². The number of fused-ring (bicyclic) bond motifs is 1. The van der Waals surface area contributed by atoms with Crippen molar-refractivity contribution in [3.8, 4) is 0 Å². The Kier molecular flexibility index (Phi) is 6.34. The van der Waals surface area contributed by atoms with Crippen LogP contribution in [0.15, 0.2) is 24.5 Å². The molecule has 0 aliphatic rings. The normalized spacial score (nSPS) is 11.6. The first-order valence-corrected chi connectivity index (χ1v) is 10.0. The summed E-state index contributed by atoms with van der Waals surface area (Å²) in [6, 6.07) is 4.11. The number of hydrogen-bond acceptors (Lipinski definition) is 5. The van der Waals surface area contributed by atoms with Crippen LogP contribution in [-0.2, 0) is 28.6 Å². The Morgan fingerprint density at radius 3 is 2.70 bits per heavy atom. The molecule has 0 spiro atoms. The van der Waals surface area contributed by atoms with Gasteiger partial charge in [-0.3, -0.25) is 9.59 Å². The van der Waals surface area contributed by atoms with E-state index >= 15 is 0 Å². The Morgan fingerprint density at radius 1 is 1.27 bits per heavy atom. The molecule has 1 aromatic carbocycles. The van der Waals surface area contributed by atoms with Crippen molar-refractivity contribution in [3.05, 3.63) is 41.7 Å². The predicted octanol–water partition coefficient (Wildman–Crippen LogP) is 2.61. The summed E-state index contributed by atoms with van der Waals surface area (Å²) in [5.41, 5.74) is 2.42. The summed E-state index contributed by atoms with van der Waals surface area (Å²) in [6.07, 6.45) is -2.98. The van der Waals surface area contributed by atoms with Gasteiger partial charge >= 0.3 is 18.0 Å². The first-order valence-electron chi connectivity index (χ1n) is 8.86. The van der Waals surface area contributed by atoms with Crippen LogP contribution in [0.1, 0.15) is 17.2 Å². The molecule has 0 radical (unpaired) electrons. The lowest BCUT2D eigenvalue weighted by Gasteiger charge is -2.07. The number of alkyl halides is 3. The van der Waals surface area contributed by atoms with Crippen molar-refractivity contribution >= 4 is 40.3 Å². The molecule has 3 aromatic rings. The maximum Gasteiger partial charge on any atom is 0.449 e. The van der Waals surface area contributed by atoms with Gasteiger partial charge in [0.15, 0.2) is 0 Å². The summed E-state index contributed by atoms with van der Waals surface area (Å²) in [5.74, 6) is -1.51. The molecule has 3 N–H and O–H groups in total. The van der Waals surface area contributed by atoms with Crippen LogP contribution in [0.4, 0.5) is 18.9 Å². The number of amides is 2. The lowest BCUT2D eigenvalue weighted by molar-refractivity contribution is -0.146. The maximum atomic E-state index is 13.0. The van der Waals surface area contributed by atoms with E-state index in [1.807, 2.05) is 6.92 Å². The zero-order valence-corrected chi connectivity index (χ0v) is 16.9. The molecule has 0 aliphatic heterocycles. The van der Waals surface area contributed by atoms with Crippen molar-refractivity contribution in [1.82, 2.24) is 24.8 Å². The zero-order valence-electron chi connectivity index (χ0n) is 16.1. The van der Waals surface area contributed by atoms with Gasteiger partial charge in [0, 0.05) is 36.5 Å². The summed E-state index contributed by atoms with van der Waals surface area (Å²) in [4.78, 5) is 34.7. The Morgan fingerprint density at radius 2 is 2.03 bits per heavy atom. The SMILES string of the molecule is Cc1[nH]cnc1CSCCNC(=O)C(=O)Nc1ccc2c(c1)nc(C(F)(F)F)n2C. The van der Waals surface area contributed by atoms with Gasteiger partial charge < -0.3 is 20.2 Å². The molecule has 0 unspecified atom stereocenters. The van der Waals surface area contributed by atoms with Crippen molar-refractivity contribution in [2.75, 3.05) is 17.6 Å². The minimum atomic E-state index is -4.59. The lowest BCUT2D eigenvalue weighted by atomic mass is 10.2. The predicted molar refractivity (Wildman–Crippen MR) is 107 cm³/mol. The summed E-state index contributed by atoms with van der Waals surface area (Å²) in [5, 5.41) is 4.87. The van der Waals surface area contributed by atoms with E-state index in [4.69, 9.17) is 0 Å². The van der Waals surface area contributed by atoms with Gasteiger partial charge in [0.25, 0.3) is 0 Å². The highest BCUT2D eigenvalue weighted by Crippen LogP contribution is 2.31. The summed E-state index contributed by atoms with van der Waals surface area (Å²) < 4.78 is 39.8. The van der Waals surface area contributed by atoms with Crippen LogP contribution in [0.25, 0.3) is 11.0 Å². The molecule has 0 atom stereocenters. The van der Waals surface area contributed by atoms with Crippen molar-refractivity contribution < 1.29 is 22.8 Å². The molecule has 0 bridgehead atoms. The van der Waals surface area contributed by atoms with Crippen LogP contribution in [0.5, 0.6) is 0 Å². The van der Waals surface area contributed by atoms with Gasteiger partial charge in [0.05, 0.1) is 23.1 Å². The van der Waals surface area contributed by atoms with Crippen LogP contribution >= 0.6 is 11.8 Å². The van der Waals surface area contributed by atoms with E-state index in [-0.39, 0.29) is 23.3 Å². The van der Waals surface area contributed by atoms with Gasteiger partial charge in [0.1, 0.15) is 0 Å². The molecule has 30 heavy (non-hydrogen) atoms. The first-order chi connectivity index (χ1) is 14.2. The Balaban J connectivity index is 1.51. The number of carbonyl (C=O) groups is 2. The third-order valence-electron chi connectivity index (χ3n) is 4.30. The molecule has 160 valence electrons. The molecule has 2 amide bonds. The Bertz CT molecular complexity index is 1080. The van der Waals surface area contributed by atoms with E-state index in [9.17, 15) is 22.8 Å². The quantitative estimate of drug-likeness (QED) is 0.404. The molecule has 3 rings (SSSR count). The van der Waals surface area contributed by atoms with E-state index in [1.165, 1.54) is 25.2 Å². The number of H-pyrrole nitrogens is 1. The number of benzene rings is 1. The maximum absolute atomic E-state index is 13.0. The van der Waals surface area contributed by atoms with Gasteiger partial charge in [-0.1, -0.05) is 0 Å². The number of halogens is 3. The average Bonchev–Trinajstić information content (AvgIpc) is 3.24. The highest BCUT2D eigenvalue weighted by atomic mass is 32.2. The molecular weight excluding hydrogens is 421 g/mol. The third kappa shape index (κ3) is 4.93. The van der Waals surface area contributed by atoms with E-state index < -0.39 is 23.8 Å². The summed E-state index contributed by atoms with van der Waals surface area (Å²) >= 11 is 1.56. The highest BCUT2D eigenvalue weighted by Gasteiger charge is 2.36. The Labute approximate surface area is 173 Å². The number of thioether (sulfide) groups is 1. The number of hydrogen-bond donors (Lipinski definition) is 3. The third-order valence-corrected chi connectivity index (χ3v) is 5.27. The highest BCUT2D eigenvalue weighted by molar-refractivity contribution is 7.98. The molecule has 0 saturated heterocycles. The largest absolute Gasteiger partial charge is 0.449 e. The van der Waals surface area contributed by atoms with Crippen molar-refractivity contribution in [1.29, 1.82) is 0 Å². The van der Waals surface area contributed by atoms with Crippen LogP contribution in [0.3, 0.4) is 0 Å².